The fourth-order valence-corrected chi connectivity index (χ4v) is 1.41. The topological polar surface area (TPSA) is 0 Å². The molecule has 0 aromatic heterocycles. The van der Waals surface area contributed by atoms with E-state index in [-0.39, 0.29) is 0 Å². The second-order valence-electron chi connectivity index (χ2n) is 4.47. The van der Waals surface area contributed by atoms with Gasteiger partial charge < -0.3 is 0 Å². The standard InChI is InChI=1S/C6H12.C5H12.C4H10/c1-2-4-6-5-3-1;1-3-5-4-2;1-3-4-2/h1-6H2;3-5H2,1-2H3;3-4H2,1-2H3. The van der Waals surface area contributed by atoms with Gasteiger partial charge in [0.15, 0.2) is 0 Å². The first kappa shape index (κ1) is 17.4. The van der Waals surface area contributed by atoms with E-state index in [0.29, 0.717) is 0 Å². The van der Waals surface area contributed by atoms with Crippen molar-refractivity contribution in [2.24, 2.45) is 0 Å². The normalized spacial score (nSPS) is 14.4. The van der Waals surface area contributed by atoms with Gasteiger partial charge in [0, 0.05) is 0 Å². The van der Waals surface area contributed by atoms with Gasteiger partial charge in [-0.25, -0.2) is 0 Å². The Hall–Kier alpha value is 0. The average molecular weight is 214 g/mol. The van der Waals surface area contributed by atoms with E-state index in [1.807, 2.05) is 0 Å². The summed E-state index contributed by atoms with van der Waals surface area (Å²) < 4.78 is 0. The SMILES string of the molecule is C1CCCCC1.CCCC.CCCCC. The Balaban J connectivity index is 0. The summed E-state index contributed by atoms with van der Waals surface area (Å²) in [6.07, 6.45) is 15.7. The minimum absolute atomic E-state index is 1.32. The summed E-state index contributed by atoms with van der Waals surface area (Å²) in [4.78, 5) is 0. The first-order chi connectivity index (χ1) is 7.33. The second kappa shape index (κ2) is 19.6. The van der Waals surface area contributed by atoms with Crippen LogP contribution < -0.4 is 0 Å². The van der Waals surface area contributed by atoms with Crippen molar-refractivity contribution in [1.29, 1.82) is 0 Å². The van der Waals surface area contributed by atoms with Gasteiger partial charge >= 0.3 is 0 Å². The fourth-order valence-electron chi connectivity index (χ4n) is 1.41. The predicted molar refractivity (Wildman–Crippen MR) is 73.5 cm³/mol. The van der Waals surface area contributed by atoms with Crippen LogP contribution in [-0.4, -0.2) is 0 Å². The molecule has 0 nitrogen and oxygen atoms in total. The summed E-state index contributed by atoms with van der Waals surface area (Å²) in [7, 11) is 0. The van der Waals surface area contributed by atoms with Gasteiger partial charge in [-0.3, -0.25) is 0 Å². The summed E-state index contributed by atoms with van der Waals surface area (Å²) in [6, 6.07) is 0. The van der Waals surface area contributed by atoms with Crippen LogP contribution in [0.3, 0.4) is 0 Å². The number of hydrogen-bond acceptors (Lipinski definition) is 0. The van der Waals surface area contributed by atoms with E-state index in [4.69, 9.17) is 0 Å². The molecule has 1 fully saturated rings. The Bertz CT molecular complexity index is 56.6. The number of rotatable bonds is 3. The molecule has 0 radical (unpaired) electrons. The molecular weight excluding hydrogens is 180 g/mol. The van der Waals surface area contributed by atoms with E-state index in [1.54, 1.807) is 0 Å². The van der Waals surface area contributed by atoms with Crippen LogP contribution in [0, 0.1) is 0 Å². The Morgan fingerprint density at radius 3 is 0.800 bits per heavy atom. The van der Waals surface area contributed by atoms with Crippen LogP contribution >= 0.6 is 0 Å². The summed E-state index contributed by atoms with van der Waals surface area (Å²) in [5.74, 6) is 0. The third kappa shape index (κ3) is 24.9. The number of unbranched alkanes of at least 4 members (excludes halogenated alkanes) is 3. The van der Waals surface area contributed by atoms with Gasteiger partial charge in [0.05, 0.1) is 0 Å². The van der Waals surface area contributed by atoms with Gasteiger partial charge in [-0.15, -0.1) is 0 Å². The highest BCUT2D eigenvalue weighted by Gasteiger charge is 1.95. The predicted octanol–water partition coefficient (Wildman–Crippen LogP) is 6.34. The van der Waals surface area contributed by atoms with Gasteiger partial charge in [-0.05, 0) is 0 Å². The fraction of sp³-hybridized carbons (Fsp3) is 1.00. The van der Waals surface area contributed by atoms with Gasteiger partial charge in [0.1, 0.15) is 0 Å². The molecular formula is C15H34. The summed E-state index contributed by atoms with van der Waals surface area (Å²) in [5, 5.41) is 0. The van der Waals surface area contributed by atoms with E-state index in [9.17, 15) is 0 Å². The molecule has 94 valence electrons. The largest absolute Gasteiger partial charge is 0.0654 e. The zero-order valence-corrected chi connectivity index (χ0v) is 11.8. The maximum absolute atomic E-state index is 2.21. The molecule has 0 unspecified atom stereocenters. The molecule has 1 aliphatic rings. The molecule has 0 amide bonds. The molecule has 0 spiro atoms. The van der Waals surface area contributed by atoms with Crippen LogP contribution in [-0.2, 0) is 0 Å². The maximum Gasteiger partial charge on any atom is -0.0533 e. The average Bonchev–Trinajstić information content (AvgIpc) is 2.33. The van der Waals surface area contributed by atoms with Gasteiger partial charge in [0.2, 0.25) is 0 Å². The van der Waals surface area contributed by atoms with Crippen LogP contribution in [0.2, 0.25) is 0 Å². The summed E-state index contributed by atoms with van der Waals surface area (Å²) in [5.41, 5.74) is 0. The lowest BCUT2D eigenvalue weighted by molar-refractivity contribution is 0.504. The number of hydrogen-bond donors (Lipinski definition) is 0. The van der Waals surface area contributed by atoms with E-state index >= 15 is 0 Å². The first-order valence-electron chi connectivity index (χ1n) is 7.33. The van der Waals surface area contributed by atoms with Gasteiger partial charge in [-0.1, -0.05) is 98.3 Å². The van der Waals surface area contributed by atoms with Crippen molar-refractivity contribution < 1.29 is 0 Å². The van der Waals surface area contributed by atoms with E-state index < -0.39 is 0 Å². The van der Waals surface area contributed by atoms with Crippen LogP contribution in [0.4, 0.5) is 0 Å². The third-order valence-electron chi connectivity index (χ3n) is 2.71. The van der Waals surface area contributed by atoms with Crippen molar-refractivity contribution in [3.8, 4) is 0 Å². The molecule has 0 bridgehead atoms. The Morgan fingerprint density at radius 2 is 0.733 bits per heavy atom. The Morgan fingerprint density at radius 1 is 0.467 bits per heavy atom. The molecule has 0 saturated heterocycles. The zero-order valence-electron chi connectivity index (χ0n) is 11.8. The van der Waals surface area contributed by atoms with Crippen LogP contribution in [0.15, 0.2) is 0 Å². The van der Waals surface area contributed by atoms with Crippen LogP contribution in [0.5, 0.6) is 0 Å². The van der Waals surface area contributed by atoms with E-state index in [1.165, 1.54) is 70.6 Å². The lowest BCUT2D eigenvalue weighted by Gasteiger charge is -2.05. The molecule has 0 heterocycles. The molecule has 0 atom stereocenters. The Labute approximate surface area is 98.9 Å². The summed E-state index contributed by atoms with van der Waals surface area (Å²) in [6.45, 7) is 8.78. The van der Waals surface area contributed by atoms with Crippen molar-refractivity contribution in [1.82, 2.24) is 0 Å². The lowest BCUT2D eigenvalue weighted by Crippen LogP contribution is -1.85. The van der Waals surface area contributed by atoms with Crippen molar-refractivity contribution >= 4 is 0 Å². The molecule has 1 saturated carbocycles. The molecule has 0 aromatic carbocycles. The minimum atomic E-state index is 1.32. The van der Waals surface area contributed by atoms with Gasteiger partial charge in [0.25, 0.3) is 0 Å². The maximum atomic E-state index is 2.21. The highest BCUT2D eigenvalue weighted by molar-refractivity contribution is 4.51. The third-order valence-corrected chi connectivity index (χ3v) is 2.71. The van der Waals surface area contributed by atoms with Crippen LogP contribution in [0.25, 0.3) is 0 Å². The molecule has 0 heteroatoms. The van der Waals surface area contributed by atoms with Crippen molar-refractivity contribution in [2.75, 3.05) is 0 Å². The van der Waals surface area contributed by atoms with Crippen molar-refractivity contribution in [3.05, 3.63) is 0 Å². The highest BCUT2D eigenvalue weighted by atomic mass is 14.0. The lowest BCUT2D eigenvalue weighted by atomic mass is 10.0. The van der Waals surface area contributed by atoms with Crippen molar-refractivity contribution in [2.45, 2.75) is 98.3 Å². The molecule has 0 aliphatic heterocycles. The van der Waals surface area contributed by atoms with E-state index in [0.717, 1.165) is 0 Å². The van der Waals surface area contributed by atoms with Gasteiger partial charge in [-0.2, -0.15) is 0 Å². The van der Waals surface area contributed by atoms with Crippen molar-refractivity contribution in [3.63, 3.8) is 0 Å². The molecule has 0 N–H and O–H groups in total. The molecule has 1 rings (SSSR count). The Kier molecular flexibility index (Phi) is 22.7. The molecule has 0 aromatic rings. The molecule has 15 heavy (non-hydrogen) atoms. The monoisotopic (exact) mass is 214 g/mol. The second-order valence-corrected chi connectivity index (χ2v) is 4.47. The highest BCUT2D eigenvalue weighted by Crippen LogP contribution is 2.15. The van der Waals surface area contributed by atoms with Crippen LogP contribution in [0.1, 0.15) is 98.3 Å². The zero-order chi connectivity index (χ0) is 11.8. The molecule has 1 aliphatic carbocycles. The first-order valence-corrected chi connectivity index (χ1v) is 7.33. The smallest absolute Gasteiger partial charge is 0.0533 e. The summed E-state index contributed by atoms with van der Waals surface area (Å²) >= 11 is 0. The minimum Gasteiger partial charge on any atom is -0.0654 e. The van der Waals surface area contributed by atoms with E-state index in [2.05, 4.69) is 27.7 Å². The quantitative estimate of drug-likeness (QED) is 0.514.